The van der Waals surface area contributed by atoms with E-state index in [1.807, 2.05) is 17.0 Å². The molecule has 2 aromatic carbocycles. The number of carbonyl (C=O) groups excluding carboxylic acids is 1. The highest BCUT2D eigenvalue weighted by atomic mass is 16.2. The molecule has 0 saturated heterocycles. The van der Waals surface area contributed by atoms with Crippen molar-refractivity contribution in [3.05, 3.63) is 70.9 Å². The van der Waals surface area contributed by atoms with E-state index in [0.717, 1.165) is 45.0 Å². The van der Waals surface area contributed by atoms with Crippen LogP contribution in [0.1, 0.15) is 35.1 Å². The van der Waals surface area contributed by atoms with Crippen LogP contribution < -0.4 is 10.6 Å². The van der Waals surface area contributed by atoms with Gasteiger partial charge in [0.15, 0.2) is 5.96 Å². The van der Waals surface area contributed by atoms with Crippen LogP contribution in [0.25, 0.3) is 10.9 Å². The Balaban J connectivity index is 1.17. The second-order valence-electron chi connectivity index (χ2n) is 8.11. The van der Waals surface area contributed by atoms with Crippen LogP contribution in [-0.4, -0.2) is 41.9 Å². The van der Waals surface area contributed by atoms with E-state index in [2.05, 4.69) is 64.1 Å². The molecule has 162 valence electrons. The molecule has 1 aromatic heterocycles. The van der Waals surface area contributed by atoms with E-state index in [0.29, 0.717) is 6.42 Å². The molecule has 0 saturated carbocycles. The first-order chi connectivity index (χ1) is 15.2. The van der Waals surface area contributed by atoms with Crippen molar-refractivity contribution >= 4 is 22.8 Å². The van der Waals surface area contributed by atoms with Gasteiger partial charge in [-0.15, -0.1) is 0 Å². The number of aliphatic imine (C=N–C) groups is 1. The molecule has 0 fully saturated rings. The van der Waals surface area contributed by atoms with Gasteiger partial charge in [-0.2, -0.15) is 0 Å². The van der Waals surface area contributed by atoms with E-state index in [1.54, 1.807) is 7.05 Å². The molecule has 3 aromatic rings. The van der Waals surface area contributed by atoms with Gasteiger partial charge in [0.25, 0.3) is 0 Å². The highest BCUT2D eigenvalue weighted by molar-refractivity contribution is 5.86. The smallest absolute Gasteiger partial charge is 0.223 e. The minimum atomic E-state index is 0.218. The molecule has 0 bridgehead atoms. The fourth-order valence-electron chi connectivity index (χ4n) is 4.30. The van der Waals surface area contributed by atoms with E-state index in [1.165, 1.54) is 33.2 Å². The Hall–Kier alpha value is -3.28. The first kappa shape index (κ1) is 21.0. The summed E-state index contributed by atoms with van der Waals surface area (Å²) in [5.74, 6) is 0.994. The molecule has 1 amide bonds. The molecule has 0 aliphatic carbocycles. The molecule has 0 atom stereocenters. The van der Waals surface area contributed by atoms with E-state index in [4.69, 9.17) is 0 Å². The van der Waals surface area contributed by atoms with Gasteiger partial charge in [0.2, 0.25) is 5.91 Å². The maximum atomic E-state index is 12.5. The minimum Gasteiger partial charge on any atom is -0.361 e. The van der Waals surface area contributed by atoms with Gasteiger partial charge in [-0.1, -0.05) is 36.4 Å². The highest BCUT2D eigenvalue weighted by Crippen LogP contribution is 2.23. The summed E-state index contributed by atoms with van der Waals surface area (Å²) in [6, 6.07) is 14.6. The number of hydrogen-bond donors (Lipinski definition) is 3. The molecule has 0 radical (unpaired) electrons. The summed E-state index contributed by atoms with van der Waals surface area (Å²) in [7, 11) is 1.78. The van der Waals surface area contributed by atoms with E-state index < -0.39 is 0 Å². The third-order valence-electron chi connectivity index (χ3n) is 5.96. The van der Waals surface area contributed by atoms with Gasteiger partial charge in [-0.05, 0) is 48.1 Å². The van der Waals surface area contributed by atoms with Gasteiger partial charge in [-0.25, -0.2) is 0 Å². The molecule has 6 nitrogen and oxygen atoms in total. The third-order valence-corrected chi connectivity index (χ3v) is 5.96. The number of fused-ring (bicyclic) bond motifs is 2. The summed E-state index contributed by atoms with van der Waals surface area (Å²) in [6.45, 7) is 5.14. The Morgan fingerprint density at radius 2 is 1.81 bits per heavy atom. The van der Waals surface area contributed by atoms with Crippen molar-refractivity contribution in [2.45, 2.75) is 39.3 Å². The van der Waals surface area contributed by atoms with E-state index in [-0.39, 0.29) is 5.91 Å². The Morgan fingerprint density at radius 1 is 1.06 bits per heavy atom. The molecule has 2 heterocycles. The lowest BCUT2D eigenvalue weighted by Crippen LogP contribution is -2.39. The number of rotatable bonds is 7. The van der Waals surface area contributed by atoms with Gasteiger partial charge >= 0.3 is 0 Å². The Bertz CT molecular complexity index is 1060. The number of benzene rings is 2. The summed E-state index contributed by atoms with van der Waals surface area (Å²) < 4.78 is 0. The van der Waals surface area contributed by atoms with Crippen LogP contribution in [0, 0.1) is 6.92 Å². The first-order valence-electron chi connectivity index (χ1n) is 11.0. The minimum absolute atomic E-state index is 0.218. The van der Waals surface area contributed by atoms with Crippen molar-refractivity contribution in [2.24, 2.45) is 4.99 Å². The van der Waals surface area contributed by atoms with Crippen LogP contribution in [0.3, 0.4) is 0 Å². The quantitative estimate of drug-likeness (QED) is 0.313. The fraction of sp³-hybridized carbons (Fsp3) is 0.360. The standard InChI is InChI=1S/C25H31N5O/c1-18-7-5-10-22-24(18)19(15-29-22)12-14-28-25(26-2)27-13-6-11-23(31)30-16-20-8-3-4-9-21(20)17-30/h3-5,7-10,15,29H,6,11-14,16-17H2,1-2H3,(H2,26,27,28). The molecular formula is C25H31N5O. The van der Waals surface area contributed by atoms with Gasteiger partial charge in [0.1, 0.15) is 0 Å². The van der Waals surface area contributed by atoms with Crippen molar-refractivity contribution in [2.75, 3.05) is 20.1 Å². The number of hydrogen-bond acceptors (Lipinski definition) is 2. The monoisotopic (exact) mass is 417 g/mol. The number of amides is 1. The van der Waals surface area contributed by atoms with Crippen LogP contribution >= 0.6 is 0 Å². The number of nitrogens with one attached hydrogen (secondary N) is 3. The van der Waals surface area contributed by atoms with E-state index in [9.17, 15) is 4.79 Å². The Kier molecular flexibility index (Phi) is 6.55. The summed E-state index contributed by atoms with van der Waals surface area (Å²) in [6.07, 6.45) is 4.35. The summed E-state index contributed by atoms with van der Waals surface area (Å²) in [5.41, 5.74) is 6.33. The average Bonchev–Trinajstić information content (AvgIpc) is 3.40. The summed E-state index contributed by atoms with van der Waals surface area (Å²) >= 11 is 0. The van der Waals surface area contributed by atoms with Crippen LogP contribution in [0.15, 0.2) is 53.7 Å². The second-order valence-corrected chi connectivity index (χ2v) is 8.11. The zero-order valence-electron chi connectivity index (χ0n) is 18.4. The van der Waals surface area contributed by atoms with Gasteiger partial charge < -0.3 is 20.5 Å². The molecule has 1 aliphatic rings. The van der Waals surface area contributed by atoms with Crippen LogP contribution in [0.5, 0.6) is 0 Å². The predicted molar refractivity (Wildman–Crippen MR) is 126 cm³/mol. The number of carbonyl (C=O) groups is 1. The topological polar surface area (TPSA) is 72.5 Å². The van der Waals surface area contributed by atoms with Gasteiger partial charge in [0, 0.05) is 56.7 Å². The van der Waals surface area contributed by atoms with Crippen LogP contribution in [0.2, 0.25) is 0 Å². The number of H-pyrrole nitrogens is 1. The van der Waals surface area contributed by atoms with Crippen molar-refractivity contribution in [1.29, 1.82) is 0 Å². The molecule has 3 N–H and O–H groups in total. The average molecular weight is 418 g/mol. The number of aryl methyl sites for hydroxylation is 1. The van der Waals surface area contributed by atoms with Crippen LogP contribution in [0.4, 0.5) is 0 Å². The lowest BCUT2D eigenvalue weighted by atomic mass is 10.1. The van der Waals surface area contributed by atoms with Crippen LogP contribution in [-0.2, 0) is 24.3 Å². The molecule has 0 spiro atoms. The third kappa shape index (κ3) is 4.90. The molecule has 0 unspecified atom stereocenters. The lowest BCUT2D eigenvalue weighted by molar-refractivity contribution is -0.131. The van der Waals surface area contributed by atoms with Gasteiger partial charge in [-0.3, -0.25) is 9.79 Å². The number of guanidine groups is 1. The summed E-state index contributed by atoms with van der Waals surface area (Å²) in [5, 5.41) is 8.01. The van der Waals surface area contributed by atoms with Crippen molar-refractivity contribution < 1.29 is 4.79 Å². The normalized spacial score (nSPS) is 13.5. The maximum absolute atomic E-state index is 12.5. The molecule has 1 aliphatic heterocycles. The Labute approximate surface area is 183 Å². The largest absolute Gasteiger partial charge is 0.361 e. The molecule has 4 rings (SSSR count). The van der Waals surface area contributed by atoms with Crippen molar-refractivity contribution in [1.82, 2.24) is 20.5 Å². The Morgan fingerprint density at radius 3 is 2.55 bits per heavy atom. The molecule has 6 heteroatoms. The highest BCUT2D eigenvalue weighted by Gasteiger charge is 2.22. The predicted octanol–water partition coefficient (Wildman–Crippen LogP) is 3.51. The van der Waals surface area contributed by atoms with E-state index >= 15 is 0 Å². The van der Waals surface area contributed by atoms with Crippen molar-refractivity contribution in [3.63, 3.8) is 0 Å². The molecular weight excluding hydrogens is 386 g/mol. The SMILES string of the molecule is CN=C(NCCCC(=O)N1Cc2ccccc2C1)NCCc1c[nH]c2cccc(C)c12. The maximum Gasteiger partial charge on any atom is 0.223 e. The first-order valence-corrected chi connectivity index (χ1v) is 11.0. The summed E-state index contributed by atoms with van der Waals surface area (Å²) in [4.78, 5) is 22.1. The van der Waals surface area contributed by atoms with Gasteiger partial charge in [0.05, 0.1) is 0 Å². The molecule has 31 heavy (non-hydrogen) atoms. The number of nitrogens with zero attached hydrogens (tertiary/aromatic N) is 2. The zero-order chi connectivity index (χ0) is 21.6. The second kappa shape index (κ2) is 9.69. The zero-order valence-corrected chi connectivity index (χ0v) is 18.4. The number of aromatic nitrogens is 1. The lowest BCUT2D eigenvalue weighted by Gasteiger charge is -2.16. The van der Waals surface area contributed by atoms with Crippen molar-refractivity contribution in [3.8, 4) is 0 Å². The number of aromatic amines is 1. The fourth-order valence-corrected chi connectivity index (χ4v) is 4.30.